The number of ether oxygens (including phenoxy) is 1. The summed E-state index contributed by atoms with van der Waals surface area (Å²) < 4.78 is 40.1. The fourth-order valence-electron chi connectivity index (χ4n) is 2.37. The molecule has 0 bridgehead atoms. The molecule has 1 aromatic carbocycles. The largest absolute Gasteiger partial charge is 0.573 e. The number of hydrogen-bond acceptors (Lipinski definition) is 6. The van der Waals surface area contributed by atoms with Crippen molar-refractivity contribution in [1.29, 1.82) is 0 Å². The Morgan fingerprint density at radius 3 is 2.52 bits per heavy atom. The predicted octanol–water partition coefficient (Wildman–Crippen LogP) is 1.44. The van der Waals surface area contributed by atoms with Crippen LogP contribution in [-0.4, -0.2) is 38.0 Å². The van der Waals surface area contributed by atoms with Crippen molar-refractivity contribution < 1.29 is 27.5 Å². The van der Waals surface area contributed by atoms with Crippen LogP contribution >= 0.6 is 0 Å². The first-order chi connectivity index (χ1) is 11.7. The summed E-state index contributed by atoms with van der Waals surface area (Å²) in [6.45, 7) is 1.96. The number of halogens is 3. The lowest BCUT2D eigenvalue weighted by Crippen LogP contribution is -2.67. The summed E-state index contributed by atoms with van der Waals surface area (Å²) in [5.74, 6) is -0.364. The maximum atomic E-state index is 12.1. The summed E-state index contributed by atoms with van der Waals surface area (Å²) in [5, 5.41) is 11.4. The zero-order valence-corrected chi connectivity index (χ0v) is 13.6. The predicted molar refractivity (Wildman–Crippen MR) is 83.4 cm³/mol. The van der Waals surface area contributed by atoms with E-state index in [1.54, 1.807) is 0 Å². The topological polar surface area (TPSA) is 95.7 Å². The molecule has 5 N–H and O–H groups in total. The van der Waals surface area contributed by atoms with Crippen LogP contribution in [0.1, 0.15) is 13.3 Å². The molecule has 8 nitrogen and oxygen atoms in total. The van der Waals surface area contributed by atoms with Crippen LogP contribution in [0.2, 0.25) is 0 Å². The number of alkyl halides is 3. The van der Waals surface area contributed by atoms with E-state index in [1.807, 2.05) is 6.92 Å². The van der Waals surface area contributed by atoms with Gasteiger partial charge in [-0.1, -0.05) is 0 Å². The van der Waals surface area contributed by atoms with Gasteiger partial charge in [0, 0.05) is 11.7 Å². The van der Waals surface area contributed by atoms with Crippen molar-refractivity contribution in [2.45, 2.75) is 38.2 Å². The maximum absolute atomic E-state index is 12.1. The van der Waals surface area contributed by atoms with Crippen molar-refractivity contribution in [2.24, 2.45) is 0 Å². The minimum atomic E-state index is -4.76. The van der Waals surface area contributed by atoms with Crippen LogP contribution in [0.3, 0.4) is 0 Å². The smallest absolute Gasteiger partial charge is 0.406 e. The Hall–Kier alpha value is -2.08. The Morgan fingerprint density at radius 2 is 1.92 bits per heavy atom. The number of rotatable bonds is 5. The number of hydrogen-bond donors (Lipinski definition) is 5. The van der Waals surface area contributed by atoms with Gasteiger partial charge in [-0.15, -0.1) is 13.2 Å². The SMILES string of the molecule is CONC1CC(C)NC(NC(=O)Nc2ccc(OC(F)(F)F)cc2)N1. The van der Waals surface area contributed by atoms with Gasteiger partial charge in [0.2, 0.25) is 0 Å². The van der Waals surface area contributed by atoms with E-state index < -0.39 is 18.7 Å². The molecule has 1 fully saturated rings. The third kappa shape index (κ3) is 6.74. The maximum Gasteiger partial charge on any atom is 0.573 e. The molecule has 3 atom stereocenters. The van der Waals surface area contributed by atoms with Crippen molar-refractivity contribution in [1.82, 2.24) is 21.4 Å². The van der Waals surface area contributed by atoms with Gasteiger partial charge in [-0.05, 0) is 37.6 Å². The lowest BCUT2D eigenvalue weighted by Gasteiger charge is -2.36. The number of amides is 2. The number of carbonyl (C=O) groups excluding carboxylic acids is 1. The second kappa shape index (κ2) is 8.34. The highest BCUT2D eigenvalue weighted by Crippen LogP contribution is 2.23. The van der Waals surface area contributed by atoms with E-state index in [-0.39, 0.29) is 18.0 Å². The van der Waals surface area contributed by atoms with E-state index in [0.29, 0.717) is 5.69 Å². The molecule has 1 aliphatic rings. The standard InChI is InChI=1S/C14H20F3N5O3/c1-8-7-11(22-24-2)20-12(18-8)21-13(23)19-9-3-5-10(6-4-9)25-14(15,16)17/h3-6,8,11-12,18,20,22H,7H2,1-2H3,(H2,19,21,23). The van der Waals surface area contributed by atoms with Gasteiger partial charge in [0.1, 0.15) is 12.0 Å². The summed E-state index contributed by atoms with van der Waals surface area (Å²) in [6, 6.07) is 4.43. The summed E-state index contributed by atoms with van der Waals surface area (Å²) in [6.07, 6.45) is -4.67. The highest BCUT2D eigenvalue weighted by atomic mass is 19.4. The van der Waals surface area contributed by atoms with Crippen LogP contribution < -0.4 is 31.5 Å². The highest BCUT2D eigenvalue weighted by Gasteiger charge is 2.31. The molecule has 0 radical (unpaired) electrons. The fraction of sp³-hybridized carbons (Fsp3) is 0.500. The zero-order valence-electron chi connectivity index (χ0n) is 13.6. The molecular formula is C14H20F3N5O3. The monoisotopic (exact) mass is 363 g/mol. The average molecular weight is 363 g/mol. The molecule has 0 saturated carbocycles. The van der Waals surface area contributed by atoms with Crippen molar-refractivity contribution >= 4 is 11.7 Å². The average Bonchev–Trinajstić information content (AvgIpc) is 2.47. The Kier molecular flexibility index (Phi) is 6.42. The molecule has 2 rings (SSSR count). The molecular weight excluding hydrogens is 343 g/mol. The third-order valence-electron chi connectivity index (χ3n) is 3.29. The van der Waals surface area contributed by atoms with E-state index in [4.69, 9.17) is 4.84 Å². The van der Waals surface area contributed by atoms with Crippen LogP contribution in [0.15, 0.2) is 24.3 Å². The molecule has 1 saturated heterocycles. The van der Waals surface area contributed by atoms with Crippen molar-refractivity contribution in [3.63, 3.8) is 0 Å². The van der Waals surface area contributed by atoms with Gasteiger partial charge in [0.05, 0.1) is 13.3 Å². The summed E-state index contributed by atoms with van der Waals surface area (Å²) in [7, 11) is 1.50. The van der Waals surface area contributed by atoms with Gasteiger partial charge in [-0.25, -0.2) is 4.79 Å². The first-order valence-electron chi connectivity index (χ1n) is 7.49. The molecule has 3 unspecified atom stereocenters. The highest BCUT2D eigenvalue weighted by molar-refractivity contribution is 5.89. The molecule has 0 spiro atoms. The van der Waals surface area contributed by atoms with E-state index in [2.05, 4.69) is 31.5 Å². The molecule has 11 heteroatoms. The number of nitrogens with one attached hydrogen (secondary N) is 5. The van der Waals surface area contributed by atoms with Gasteiger partial charge >= 0.3 is 12.4 Å². The molecule has 0 aliphatic carbocycles. The molecule has 0 aromatic heterocycles. The lowest BCUT2D eigenvalue weighted by molar-refractivity contribution is -0.274. The lowest BCUT2D eigenvalue weighted by atomic mass is 10.1. The van der Waals surface area contributed by atoms with Gasteiger partial charge in [0.25, 0.3) is 0 Å². The van der Waals surface area contributed by atoms with E-state index in [9.17, 15) is 18.0 Å². The van der Waals surface area contributed by atoms with Gasteiger partial charge in [0.15, 0.2) is 0 Å². The Balaban J connectivity index is 1.85. The second-order valence-corrected chi connectivity index (χ2v) is 5.45. The minimum absolute atomic E-state index is 0.123. The van der Waals surface area contributed by atoms with Crippen LogP contribution in [0, 0.1) is 0 Å². The summed E-state index contributed by atoms with van der Waals surface area (Å²) >= 11 is 0. The molecule has 1 aromatic rings. The van der Waals surface area contributed by atoms with Crippen LogP contribution in [-0.2, 0) is 4.84 Å². The number of anilines is 1. The molecule has 1 heterocycles. The molecule has 2 amide bonds. The Morgan fingerprint density at radius 1 is 1.24 bits per heavy atom. The number of urea groups is 1. The van der Waals surface area contributed by atoms with Gasteiger partial charge < -0.3 is 20.2 Å². The van der Waals surface area contributed by atoms with Crippen molar-refractivity contribution in [3.8, 4) is 5.75 Å². The number of carbonyl (C=O) groups is 1. The van der Waals surface area contributed by atoms with E-state index in [1.165, 1.54) is 19.2 Å². The first kappa shape index (κ1) is 19.2. The van der Waals surface area contributed by atoms with Crippen molar-refractivity contribution in [2.75, 3.05) is 12.4 Å². The third-order valence-corrected chi connectivity index (χ3v) is 3.29. The second-order valence-electron chi connectivity index (χ2n) is 5.45. The minimum Gasteiger partial charge on any atom is -0.406 e. The Bertz CT molecular complexity index is 570. The van der Waals surface area contributed by atoms with Crippen LogP contribution in [0.5, 0.6) is 5.75 Å². The number of hydroxylamine groups is 1. The van der Waals surface area contributed by atoms with Crippen LogP contribution in [0.4, 0.5) is 23.7 Å². The normalized spacial score (nSPS) is 23.8. The van der Waals surface area contributed by atoms with Gasteiger partial charge in [-0.3, -0.25) is 10.6 Å². The first-order valence-corrected chi connectivity index (χ1v) is 7.49. The zero-order chi connectivity index (χ0) is 18.4. The van der Waals surface area contributed by atoms with E-state index in [0.717, 1.165) is 18.6 Å². The molecule has 1 aliphatic heterocycles. The Labute approximate surface area is 142 Å². The molecule has 140 valence electrons. The summed E-state index contributed by atoms with van der Waals surface area (Å²) in [4.78, 5) is 16.9. The quantitative estimate of drug-likeness (QED) is 0.508. The van der Waals surface area contributed by atoms with Crippen molar-refractivity contribution in [3.05, 3.63) is 24.3 Å². The van der Waals surface area contributed by atoms with Gasteiger partial charge in [-0.2, -0.15) is 5.48 Å². The fourth-order valence-corrected chi connectivity index (χ4v) is 2.37. The van der Waals surface area contributed by atoms with E-state index >= 15 is 0 Å². The summed E-state index contributed by atoms with van der Waals surface area (Å²) in [5.41, 5.74) is 3.09. The molecule has 25 heavy (non-hydrogen) atoms. The van der Waals surface area contributed by atoms with Crippen LogP contribution in [0.25, 0.3) is 0 Å². The number of benzene rings is 1.